The fourth-order valence-corrected chi connectivity index (χ4v) is 3.07. The smallest absolute Gasteiger partial charge is 0.255 e. The van der Waals surface area contributed by atoms with E-state index in [0.29, 0.717) is 37.4 Å². The van der Waals surface area contributed by atoms with E-state index in [0.717, 1.165) is 0 Å². The topological polar surface area (TPSA) is 94.9 Å². The van der Waals surface area contributed by atoms with Gasteiger partial charge < -0.3 is 20.0 Å². The molecule has 9 heteroatoms. The van der Waals surface area contributed by atoms with Crippen molar-refractivity contribution in [2.75, 3.05) is 38.0 Å². The Morgan fingerprint density at radius 1 is 1.10 bits per heavy atom. The maximum Gasteiger partial charge on any atom is 0.255 e. The highest BCUT2D eigenvalue weighted by Gasteiger charge is 2.27. The highest BCUT2D eigenvalue weighted by atomic mass is 19.1. The minimum atomic E-state index is -0.661. The number of carbonyl (C=O) groups excluding carboxylic acids is 3. The average Bonchev–Trinajstić information content (AvgIpc) is 3.25. The van der Waals surface area contributed by atoms with E-state index in [2.05, 4.69) is 10.6 Å². The van der Waals surface area contributed by atoms with Crippen molar-refractivity contribution in [3.63, 3.8) is 0 Å². The Balaban J connectivity index is 1.42. The number of nitrogens with zero attached hydrogens (tertiary/aromatic N) is 2. The summed E-state index contributed by atoms with van der Waals surface area (Å²) >= 11 is 0. The highest BCUT2D eigenvalue weighted by Crippen LogP contribution is 2.09. The SMILES string of the molecule is CC(NC(=O)c1ccoc1)C(=O)N1CCN(CC(=O)Nc2ccc(F)cc2)CC1. The number of hydrogen-bond acceptors (Lipinski definition) is 5. The third-order valence-corrected chi connectivity index (χ3v) is 4.68. The third kappa shape index (κ3) is 5.64. The molecule has 3 rings (SSSR count). The Morgan fingerprint density at radius 3 is 2.41 bits per heavy atom. The van der Waals surface area contributed by atoms with Gasteiger partial charge in [-0.15, -0.1) is 0 Å². The van der Waals surface area contributed by atoms with Crippen molar-refractivity contribution in [3.05, 3.63) is 54.2 Å². The molecule has 1 aliphatic heterocycles. The van der Waals surface area contributed by atoms with Crippen molar-refractivity contribution in [1.29, 1.82) is 0 Å². The number of benzene rings is 1. The van der Waals surface area contributed by atoms with Crippen LogP contribution < -0.4 is 10.6 Å². The van der Waals surface area contributed by atoms with Crippen LogP contribution in [0.2, 0.25) is 0 Å². The molecule has 0 aliphatic carbocycles. The minimum absolute atomic E-state index is 0.169. The van der Waals surface area contributed by atoms with Gasteiger partial charge in [0.05, 0.1) is 18.4 Å². The van der Waals surface area contributed by atoms with Crippen LogP contribution >= 0.6 is 0 Å². The number of anilines is 1. The molecule has 29 heavy (non-hydrogen) atoms. The number of hydrogen-bond donors (Lipinski definition) is 2. The molecular formula is C20H23FN4O4. The van der Waals surface area contributed by atoms with E-state index in [4.69, 9.17) is 4.42 Å². The van der Waals surface area contributed by atoms with E-state index in [1.807, 2.05) is 4.90 Å². The number of amides is 3. The van der Waals surface area contributed by atoms with Gasteiger partial charge in [0.2, 0.25) is 11.8 Å². The molecule has 0 bridgehead atoms. The molecule has 1 atom stereocenters. The molecule has 1 saturated heterocycles. The van der Waals surface area contributed by atoms with Crippen LogP contribution in [0.5, 0.6) is 0 Å². The zero-order valence-electron chi connectivity index (χ0n) is 16.1. The van der Waals surface area contributed by atoms with Gasteiger partial charge in [-0.2, -0.15) is 0 Å². The van der Waals surface area contributed by atoms with Crippen LogP contribution in [0, 0.1) is 5.82 Å². The number of rotatable bonds is 6. The Bertz CT molecular complexity index is 846. The molecule has 1 fully saturated rings. The Hall–Kier alpha value is -3.20. The Morgan fingerprint density at radius 2 is 1.79 bits per heavy atom. The highest BCUT2D eigenvalue weighted by molar-refractivity contribution is 5.97. The van der Waals surface area contributed by atoms with E-state index < -0.39 is 6.04 Å². The predicted octanol–water partition coefficient (Wildman–Crippen LogP) is 1.32. The molecule has 3 amide bonds. The van der Waals surface area contributed by atoms with Gasteiger partial charge in [0.15, 0.2) is 0 Å². The molecule has 154 valence electrons. The van der Waals surface area contributed by atoms with Crippen molar-refractivity contribution in [2.45, 2.75) is 13.0 Å². The number of carbonyl (C=O) groups is 3. The van der Waals surface area contributed by atoms with E-state index in [1.54, 1.807) is 11.8 Å². The first-order valence-corrected chi connectivity index (χ1v) is 9.32. The second kappa shape index (κ2) is 9.33. The molecule has 0 saturated carbocycles. The lowest BCUT2D eigenvalue weighted by Gasteiger charge is -2.35. The van der Waals surface area contributed by atoms with Gasteiger partial charge in [0.25, 0.3) is 5.91 Å². The summed E-state index contributed by atoms with van der Waals surface area (Å²) in [4.78, 5) is 40.3. The summed E-state index contributed by atoms with van der Waals surface area (Å²) in [7, 11) is 0. The molecule has 1 aromatic heterocycles. The zero-order chi connectivity index (χ0) is 20.8. The number of furan rings is 1. The van der Waals surface area contributed by atoms with Gasteiger partial charge in [0, 0.05) is 31.9 Å². The van der Waals surface area contributed by atoms with Crippen LogP contribution in [0.15, 0.2) is 47.3 Å². The lowest BCUT2D eigenvalue weighted by atomic mass is 10.2. The van der Waals surface area contributed by atoms with Gasteiger partial charge in [-0.25, -0.2) is 4.39 Å². The van der Waals surface area contributed by atoms with Crippen LogP contribution in [-0.4, -0.2) is 66.3 Å². The molecule has 1 aromatic carbocycles. The monoisotopic (exact) mass is 402 g/mol. The molecule has 1 aliphatic rings. The van der Waals surface area contributed by atoms with Crippen molar-refractivity contribution in [1.82, 2.24) is 15.1 Å². The second-order valence-electron chi connectivity index (χ2n) is 6.86. The second-order valence-corrected chi connectivity index (χ2v) is 6.86. The number of piperazine rings is 1. The summed E-state index contributed by atoms with van der Waals surface area (Å²) in [6.07, 6.45) is 2.72. The Kier molecular flexibility index (Phi) is 6.61. The quantitative estimate of drug-likeness (QED) is 0.760. The van der Waals surface area contributed by atoms with E-state index in [9.17, 15) is 18.8 Å². The number of nitrogens with one attached hydrogen (secondary N) is 2. The Labute approximate surface area is 167 Å². The molecule has 2 N–H and O–H groups in total. The van der Waals surface area contributed by atoms with E-state index in [-0.39, 0.29) is 30.1 Å². The fourth-order valence-electron chi connectivity index (χ4n) is 3.07. The number of halogens is 1. The largest absolute Gasteiger partial charge is 0.472 e. The standard InChI is InChI=1S/C20H23FN4O4/c1-14(22-19(27)15-6-11-29-13-15)20(28)25-9-7-24(8-10-25)12-18(26)23-17-4-2-16(21)3-5-17/h2-6,11,13-14H,7-10,12H2,1H3,(H,22,27)(H,23,26). The molecule has 0 spiro atoms. The summed E-state index contributed by atoms with van der Waals surface area (Å²) in [5.41, 5.74) is 0.897. The van der Waals surface area contributed by atoms with Crippen LogP contribution in [0.4, 0.5) is 10.1 Å². The molecular weight excluding hydrogens is 379 g/mol. The van der Waals surface area contributed by atoms with Crippen LogP contribution in [0.1, 0.15) is 17.3 Å². The molecule has 2 heterocycles. The minimum Gasteiger partial charge on any atom is -0.472 e. The van der Waals surface area contributed by atoms with Crippen LogP contribution in [0.25, 0.3) is 0 Å². The molecule has 2 aromatic rings. The van der Waals surface area contributed by atoms with Crippen molar-refractivity contribution in [3.8, 4) is 0 Å². The zero-order valence-corrected chi connectivity index (χ0v) is 16.1. The maximum absolute atomic E-state index is 12.9. The predicted molar refractivity (Wildman–Crippen MR) is 104 cm³/mol. The lowest BCUT2D eigenvalue weighted by Crippen LogP contribution is -2.55. The van der Waals surface area contributed by atoms with Crippen molar-refractivity contribution < 1.29 is 23.2 Å². The first kappa shape index (κ1) is 20.5. The van der Waals surface area contributed by atoms with Gasteiger partial charge in [-0.3, -0.25) is 19.3 Å². The van der Waals surface area contributed by atoms with Crippen molar-refractivity contribution >= 4 is 23.4 Å². The molecule has 8 nitrogen and oxygen atoms in total. The van der Waals surface area contributed by atoms with Crippen LogP contribution in [0.3, 0.4) is 0 Å². The van der Waals surface area contributed by atoms with Crippen molar-refractivity contribution in [2.24, 2.45) is 0 Å². The fraction of sp³-hybridized carbons (Fsp3) is 0.350. The first-order valence-electron chi connectivity index (χ1n) is 9.32. The van der Waals surface area contributed by atoms with Gasteiger partial charge in [-0.05, 0) is 37.3 Å². The average molecular weight is 402 g/mol. The van der Waals surface area contributed by atoms with Crippen LogP contribution in [-0.2, 0) is 9.59 Å². The van der Waals surface area contributed by atoms with E-state index >= 15 is 0 Å². The van der Waals surface area contributed by atoms with Gasteiger partial charge >= 0.3 is 0 Å². The summed E-state index contributed by atoms with van der Waals surface area (Å²) in [6, 6.07) is 6.44. The van der Waals surface area contributed by atoms with E-state index in [1.165, 1.54) is 42.9 Å². The molecule has 1 unspecified atom stereocenters. The normalized spacial score (nSPS) is 15.6. The van der Waals surface area contributed by atoms with Gasteiger partial charge in [0.1, 0.15) is 18.1 Å². The van der Waals surface area contributed by atoms with Gasteiger partial charge in [-0.1, -0.05) is 0 Å². The third-order valence-electron chi connectivity index (χ3n) is 4.68. The molecule has 0 radical (unpaired) electrons. The summed E-state index contributed by atoms with van der Waals surface area (Å²) in [6.45, 7) is 3.86. The summed E-state index contributed by atoms with van der Waals surface area (Å²) in [5.74, 6) is -1.09. The maximum atomic E-state index is 12.9. The summed E-state index contributed by atoms with van der Waals surface area (Å²) in [5, 5.41) is 5.38. The first-order chi connectivity index (χ1) is 13.9. The lowest BCUT2D eigenvalue weighted by molar-refractivity contribution is -0.134. The summed E-state index contributed by atoms with van der Waals surface area (Å²) < 4.78 is 17.8.